The minimum absolute atomic E-state index is 0.0663. The maximum Gasteiger partial charge on any atom is 0.261 e. The number of carbonyl (C=O) groups excluding carboxylic acids is 2. The molecule has 2 aromatic heterocycles. The lowest BCUT2D eigenvalue weighted by atomic mass is 10.1. The van der Waals surface area contributed by atoms with Crippen molar-refractivity contribution < 1.29 is 14.7 Å². The Bertz CT molecular complexity index is 1090. The molecule has 1 aromatic carbocycles. The van der Waals surface area contributed by atoms with E-state index >= 15 is 0 Å². The molecule has 3 heterocycles. The summed E-state index contributed by atoms with van der Waals surface area (Å²) in [6.45, 7) is 3.41. The lowest BCUT2D eigenvalue weighted by Crippen LogP contribution is -2.38. The van der Waals surface area contributed by atoms with Gasteiger partial charge in [-0.05, 0) is 37.6 Å². The average molecular weight is 438 g/mol. The van der Waals surface area contributed by atoms with Gasteiger partial charge in [0.25, 0.3) is 5.91 Å². The molecule has 1 aliphatic heterocycles. The second kappa shape index (κ2) is 9.13. The van der Waals surface area contributed by atoms with Crippen molar-refractivity contribution in [3.8, 4) is 5.75 Å². The highest BCUT2D eigenvalue weighted by atomic mass is 32.1. The number of rotatable bonds is 6. The largest absolute Gasteiger partial charge is 0.507 e. The number of aryl methyl sites for hydroxylation is 1. The van der Waals surface area contributed by atoms with E-state index in [2.05, 4.69) is 25.5 Å². The van der Waals surface area contributed by atoms with Crippen molar-refractivity contribution in [2.24, 2.45) is 0 Å². The third-order valence-electron chi connectivity index (χ3n) is 5.04. The highest BCUT2D eigenvalue weighted by Crippen LogP contribution is 2.22. The Labute approximate surface area is 184 Å². The molecule has 3 N–H and O–H groups in total. The van der Waals surface area contributed by atoms with E-state index in [1.54, 1.807) is 23.7 Å². The van der Waals surface area contributed by atoms with Gasteiger partial charge < -0.3 is 15.3 Å². The van der Waals surface area contributed by atoms with Crippen molar-refractivity contribution in [2.45, 2.75) is 25.8 Å². The number of pyridine rings is 1. The monoisotopic (exact) mass is 437 g/mol. The lowest BCUT2D eigenvalue weighted by molar-refractivity contribution is -0.121. The standard InChI is InChI=1S/C22H23N5O3S/c1-14-5-6-18(28)17(10-14)21(30)26-22-25-16(13-31-22)11-20(29)24-15-7-9-27(12-15)19-4-2-3-8-23-19/h2-6,8,10,13,15,28H,7,9,11-12H2,1H3,(H,24,29)(H,25,26,30). The number of thiazole rings is 1. The summed E-state index contributed by atoms with van der Waals surface area (Å²) in [5.74, 6) is 0.286. The van der Waals surface area contributed by atoms with Gasteiger partial charge in [-0.3, -0.25) is 14.9 Å². The van der Waals surface area contributed by atoms with Gasteiger partial charge in [-0.2, -0.15) is 0 Å². The summed E-state index contributed by atoms with van der Waals surface area (Å²) < 4.78 is 0. The molecule has 1 aliphatic rings. The van der Waals surface area contributed by atoms with Crippen LogP contribution in [0.1, 0.15) is 28.0 Å². The van der Waals surface area contributed by atoms with Crippen molar-refractivity contribution in [1.82, 2.24) is 15.3 Å². The zero-order chi connectivity index (χ0) is 21.8. The molecule has 0 spiro atoms. The third kappa shape index (κ3) is 5.18. The Morgan fingerprint density at radius 1 is 1.29 bits per heavy atom. The topological polar surface area (TPSA) is 107 Å². The number of anilines is 2. The molecule has 0 aliphatic carbocycles. The van der Waals surface area contributed by atoms with E-state index < -0.39 is 5.91 Å². The number of amides is 2. The third-order valence-corrected chi connectivity index (χ3v) is 5.84. The zero-order valence-corrected chi connectivity index (χ0v) is 17.9. The maximum atomic E-state index is 12.4. The van der Waals surface area contributed by atoms with Gasteiger partial charge >= 0.3 is 0 Å². The minimum atomic E-state index is -0.438. The first kappa shape index (κ1) is 20.8. The second-order valence-electron chi connectivity index (χ2n) is 7.48. The van der Waals surface area contributed by atoms with E-state index in [0.29, 0.717) is 10.8 Å². The predicted molar refractivity (Wildman–Crippen MR) is 120 cm³/mol. The molecule has 31 heavy (non-hydrogen) atoms. The summed E-state index contributed by atoms with van der Waals surface area (Å²) >= 11 is 1.24. The number of phenols is 1. The number of aromatic hydroxyl groups is 1. The second-order valence-corrected chi connectivity index (χ2v) is 8.34. The van der Waals surface area contributed by atoms with Crippen molar-refractivity contribution in [3.63, 3.8) is 0 Å². The normalized spacial score (nSPS) is 15.6. The van der Waals surface area contributed by atoms with Crippen molar-refractivity contribution in [2.75, 3.05) is 23.3 Å². The van der Waals surface area contributed by atoms with Gasteiger partial charge in [-0.25, -0.2) is 9.97 Å². The number of nitrogens with zero attached hydrogens (tertiary/aromatic N) is 3. The number of hydrogen-bond donors (Lipinski definition) is 3. The van der Waals surface area contributed by atoms with E-state index in [9.17, 15) is 14.7 Å². The first-order valence-electron chi connectivity index (χ1n) is 9.98. The number of aromatic nitrogens is 2. The first-order chi connectivity index (χ1) is 15.0. The van der Waals surface area contributed by atoms with E-state index in [1.807, 2.05) is 25.1 Å². The quantitative estimate of drug-likeness (QED) is 0.547. The molecule has 0 saturated carbocycles. The van der Waals surface area contributed by atoms with Crippen LogP contribution in [0.25, 0.3) is 0 Å². The van der Waals surface area contributed by atoms with E-state index in [1.165, 1.54) is 17.4 Å². The van der Waals surface area contributed by atoms with Crippen LogP contribution in [0, 0.1) is 6.92 Å². The van der Waals surface area contributed by atoms with Crippen LogP contribution >= 0.6 is 11.3 Å². The number of benzene rings is 1. The van der Waals surface area contributed by atoms with Gasteiger partial charge in [-0.15, -0.1) is 11.3 Å². The molecule has 1 fully saturated rings. The maximum absolute atomic E-state index is 12.4. The molecule has 4 rings (SSSR count). The van der Waals surface area contributed by atoms with Crippen LogP contribution in [0.2, 0.25) is 0 Å². The highest BCUT2D eigenvalue weighted by molar-refractivity contribution is 7.14. The molecule has 3 aromatic rings. The van der Waals surface area contributed by atoms with Gasteiger partial charge in [0.15, 0.2) is 5.13 Å². The Morgan fingerprint density at radius 2 is 2.16 bits per heavy atom. The fraction of sp³-hybridized carbons (Fsp3) is 0.273. The SMILES string of the molecule is Cc1ccc(O)c(C(=O)Nc2nc(CC(=O)NC3CCN(c4ccccn4)C3)cs2)c1. The van der Waals surface area contributed by atoms with Gasteiger partial charge in [0.05, 0.1) is 17.7 Å². The van der Waals surface area contributed by atoms with Crippen LogP contribution in [0.5, 0.6) is 5.75 Å². The molecular weight excluding hydrogens is 414 g/mol. The van der Waals surface area contributed by atoms with Crippen molar-refractivity contribution >= 4 is 34.1 Å². The number of carbonyl (C=O) groups is 2. The van der Waals surface area contributed by atoms with E-state index in [-0.39, 0.29) is 29.7 Å². The Kier molecular flexibility index (Phi) is 6.13. The van der Waals surface area contributed by atoms with Crippen LogP contribution < -0.4 is 15.5 Å². The van der Waals surface area contributed by atoms with Crippen LogP contribution in [-0.2, 0) is 11.2 Å². The van der Waals surface area contributed by atoms with Crippen molar-refractivity contribution in [3.05, 3.63) is 64.8 Å². The predicted octanol–water partition coefficient (Wildman–Crippen LogP) is 2.74. The number of nitrogens with one attached hydrogen (secondary N) is 2. The molecule has 0 radical (unpaired) electrons. The summed E-state index contributed by atoms with van der Waals surface area (Å²) in [6, 6.07) is 10.7. The molecule has 2 amide bonds. The summed E-state index contributed by atoms with van der Waals surface area (Å²) in [7, 11) is 0. The average Bonchev–Trinajstić information content (AvgIpc) is 3.40. The summed E-state index contributed by atoms with van der Waals surface area (Å²) in [5, 5.41) is 17.8. The van der Waals surface area contributed by atoms with Crippen LogP contribution in [0.15, 0.2) is 48.0 Å². The Hall–Kier alpha value is -3.46. The van der Waals surface area contributed by atoms with Gasteiger partial charge in [0.1, 0.15) is 11.6 Å². The molecule has 1 atom stereocenters. The fourth-order valence-electron chi connectivity index (χ4n) is 3.51. The lowest BCUT2D eigenvalue weighted by Gasteiger charge is -2.17. The van der Waals surface area contributed by atoms with E-state index in [0.717, 1.165) is 30.9 Å². The number of phenolic OH excluding ortho intramolecular Hbond substituents is 1. The van der Waals surface area contributed by atoms with Crippen LogP contribution in [0.3, 0.4) is 0 Å². The Balaban J connectivity index is 1.29. The molecule has 160 valence electrons. The summed E-state index contributed by atoms with van der Waals surface area (Å²) in [5.41, 5.74) is 1.65. The molecule has 1 saturated heterocycles. The minimum Gasteiger partial charge on any atom is -0.507 e. The van der Waals surface area contributed by atoms with Crippen LogP contribution in [-0.4, -0.2) is 46.0 Å². The summed E-state index contributed by atoms with van der Waals surface area (Å²) in [6.07, 6.45) is 2.77. The zero-order valence-electron chi connectivity index (χ0n) is 17.0. The smallest absolute Gasteiger partial charge is 0.261 e. The molecular formula is C22H23N5O3S. The van der Waals surface area contributed by atoms with Crippen LogP contribution in [0.4, 0.5) is 10.9 Å². The molecule has 1 unspecified atom stereocenters. The van der Waals surface area contributed by atoms with E-state index in [4.69, 9.17) is 0 Å². The number of hydrogen-bond acceptors (Lipinski definition) is 7. The van der Waals surface area contributed by atoms with Gasteiger partial charge in [0.2, 0.25) is 5.91 Å². The Morgan fingerprint density at radius 3 is 2.97 bits per heavy atom. The molecule has 0 bridgehead atoms. The summed E-state index contributed by atoms with van der Waals surface area (Å²) in [4.78, 5) is 35.7. The fourth-order valence-corrected chi connectivity index (χ4v) is 4.22. The molecule has 9 heteroatoms. The van der Waals surface area contributed by atoms with Gasteiger partial charge in [0, 0.05) is 30.7 Å². The van der Waals surface area contributed by atoms with Crippen molar-refractivity contribution in [1.29, 1.82) is 0 Å². The molecule has 8 nitrogen and oxygen atoms in total. The van der Waals surface area contributed by atoms with Gasteiger partial charge in [-0.1, -0.05) is 17.7 Å². The first-order valence-corrected chi connectivity index (χ1v) is 10.9. The highest BCUT2D eigenvalue weighted by Gasteiger charge is 2.25.